The van der Waals surface area contributed by atoms with E-state index in [0.29, 0.717) is 28.6 Å². The van der Waals surface area contributed by atoms with Gasteiger partial charge in [-0.05, 0) is 60.2 Å². The first kappa shape index (κ1) is 22.0. The van der Waals surface area contributed by atoms with E-state index in [-0.39, 0.29) is 23.3 Å². The lowest BCUT2D eigenvalue weighted by atomic mass is 10.2. The molecule has 8 nitrogen and oxygen atoms in total. The summed E-state index contributed by atoms with van der Waals surface area (Å²) in [6.07, 6.45) is 3.37. The van der Waals surface area contributed by atoms with E-state index >= 15 is 0 Å². The molecule has 0 fully saturated rings. The number of benzene rings is 2. The molecule has 0 saturated heterocycles. The number of rotatable bonds is 8. The Kier molecular flexibility index (Phi) is 6.96. The fraction of sp³-hybridized carbons (Fsp3) is 0.0870. The average molecular weight is 463 g/mol. The van der Waals surface area contributed by atoms with Crippen LogP contribution in [0.15, 0.2) is 73.1 Å². The lowest BCUT2D eigenvalue weighted by Crippen LogP contribution is -2.22. The Balaban J connectivity index is 1.27. The molecule has 2 heterocycles. The van der Waals surface area contributed by atoms with Gasteiger partial charge in [0.2, 0.25) is 5.01 Å². The second-order valence-electron chi connectivity index (χ2n) is 6.82. The van der Waals surface area contributed by atoms with Gasteiger partial charge in [-0.25, -0.2) is 4.39 Å². The van der Waals surface area contributed by atoms with Gasteiger partial charge in [-0.1, -0.05) is 17.4 Å². The molecule has 0 aliphatic heterocycles. The summed E-state index contributed by atoms with van der Waals surface area (Å²) in [5.41, 5.74) is 1.87. The van der Waals surface area contributed by atoms with Gasteiger partial charge in [0.1, 0.15) is 18.2 Å². The number of nitrogens with one attached hydrogen (secondary N) is 2. The molecule has 0 aliphatic carbocycles. The van der Waals surface area contributed by atoms with Gasteiger partial charge in [-0.15, -0.1) is 10.2 Å². The van der Waals surface area contributed by atoms with Crippen molar-refractivity contribution in [3.8, 4) is 5.75 Å². The smallest absolute Gasteiger partial charge is 0.286 e. The number of pyridine rings is 1. The van der Waals surface area contributed by atoms with Crippen molar-refractivity contribution in [2.24, 2.45) is 0 Å². The Hall–Kier alpha value is -4.18. The molecule has 4 aromatic rings. The van der Waals surface area contributed by atoms with E-state index in [1.807, 2.05) is 12.1 Å². The number of aromatic nitrogens is 3. The largest absolute Gasteiger partial charge is 0.486 e. The summed E-state index contributed by atoms with van der Waals surface area (Å²) in [6.45, 7) is 0.507. The third-order valence-electron chi connectivity index (χ3n) is 4.42. The van der Waals surface area contributed by atoms with E-state index in [9.17, 15) is 14.0 Å². The number of anilines is 1. The monoisotopic (exact) mass is 463 g/mol. The van der Waals surface area contributed by atoms with Crippen molar-refractivity contribution in [3.05, 3.63) is 100 Å². The Morgan fingerprint density at radius 2 is 1.76 bits per heavy atom. The number of nitrogens with zero attached hydrogens (tertiary/aromatic N) is 3. The summed E-state index contributed by atoms with van der Waals surface area (Å²) < 4.78 is 18.6. The van der Waals surface area contributed by atoms with Crippen LogP contribution in [0, 0.1) is 5.82 Å². The molecule has 33 heavy (non-hydrogen) atoms. The predicted octanol–water partition coefficient (Wildman–Crippen LogP) is 3.83. The van der Waals surface area contributed by atoms with Crippen molar-refractivity contribution in [1.29, 1.82) is 0 Å². The SMILES string of the molecule is O=C(NCc1cccnc1)c1ccc(OCc2nnc(C(=O)Nc3ccc(F)cc3)s2)cc1. The van der Waals surface area contributed by atoms with Gasteiger partial charge in [0.25, 0.3) is 11.8 Å². The molecule has 10 heteroatoms. The molecule has 0 unspecified atom stereocenters. The van der Waals surface area contributed by atoms with Crippen molar-refractivity contribution >= 4 is 28.8 Å². The van der Waals surface area contributed by atoms with Crippen LogP contribution in [-0.2, 0) is 13.2 Å². The summed E-state index contributed by atoms with van der Waals surface area (Å²) in [4.78, 5) is 28.5. The Morgan fingerprint density at radius 1 is 0.970 bits per heavy atom. The first-order valence-electron chi connectivity index (χ1n) is 9.86. The molecule has 166 valence electrons. The van der Waals surface area contributed by atoms with Gasteiger partial charge in [0.15, 0.2) is 5.01 Å². The maximum absolute atomic E-state index is 13.0. The first-order chi connectivity index (χ1) is 16.1. The molecular weight excluding hydrogens is 445 g/mol. The van der Waals surface area contributed by atoms with Crippen molar-refractivity contribution in [2.75, 3.05) is 5.32 Å². The molecule has 4 rings (SSSR count). The number of carbonyl (C=O) groups excluding carboxylic acids is 2. The van der Waals surface area contributed by atoms with Crippen LogP contribution in [0.4, 0.5) is 10.1 Å². The van der Waals surface area contributed by atoms with Crippen LogP contribution in [-0.4, -0.2) is 27.0 Å². The van der Waals surface area contributed by atoms with E-state index in [1.165, 1.54) is 24.3 Å². The highest BCUT2D eigenvalue weighted by Gasteiger charge is 2.14. The molecule has 2 aromatic carbocycles. The normalized spacial score (nSPS) is 10.5. The number of hydrogen-bond donors (Lipinski definition) is 2. The molecule has 0 bridgehead atoms. The van der Waals surface area contributed by atoms with E-state index < -0.39 is 5.91 Å². The number of ether oxygens (including phenoxy) is 1. The summed E-state index contributed by atoms with van der Waals surface area (Å²) in [5, 5.41) is 14.0. The van der Waals surface area contributed by atoms with Crippen molar-refractivity contribution in [1.82, 2.24) is 20.5 Å². The second-order valence-corrected chi connectivity index (χ2v) is 7.88. The van der Waals surface area contributed by atoms with E-state index in [1.54, 1.807) is 36.7 Å². The highest BCUT2D eigenvalue weighted by molar-refractivity contribution is 7.13. The van der Waals surface area contributed by atoms with Crippen LogP contribution in [0.5, 0.6) is 5.75 Å². The summed E-state index contributed by atoms with van der Waals surface area (Å²) in [6, 6.07) is 15.8. The summed E-state index contributed by atoms with van der Waals surface area (Å²) in [5.74, 6) is -0.480. The molecule has 0 radical (unpaired) electrons. The molecule has 0 saturated carbocycles. The van der Waals surface area contributed by atoms with Gasteiger partial charge in [-0.3, -0.25) is 14.6 Å². The number of halogens is 1. The topological polar surface area (TPSA) is 106 Å². The quantitative estimate of drug-likeness (QED) is 0.411. The van der Waals surface area contributed by atoms with Crippen LogP contribution in [0.1, 0.15) is 30.7 Å². The van der Waals surface area contributed by atoms with Gasteiger partial charge in [0.05, 0.1) is 0 Å². The van der Waals surface area contributed by atoms with Crippen LogP contribution in [0.3, 0.4) is 0 Å². The van der Waals surface area contributed by atoms with Crippen LogP contribution >= 0.6 is 11.3 Å². The predicted molar refractivity (Wildman–Crippen MR) is 120 cm³/mol. The zero-order chi connectivity index (χ0) is 23.0. The fourth-order valence-electron chi connectivity index (χ4n) is 2.76. The molecule has 2 amide bonds. The van der Waals surface area contributed by atoms with Crippen LogP contribution < -0.4 is 15.4 Å². The minimum absolute atomic E-state index is 0.119. The Morgan fingerprint density at radius 3 is 2.48 bits per heavy atom. The Labute approximate surface area is 192 Å². The van der Waals surface area contributed by atoms with E-state index in [0.717, 1.165) is 16.9 Å². The van der Waals surface area contributed by atoms with E-state index in [4.69, 9.17) is 4.74 Å². The summed E-state index contributed by atoms with van der Waals surface area (Å²) >= 11 is 1.09. The molecule has 0 atom stereocenters. The third-order valence-corrected chi connectivity index (χ3v) is 5.31. The lowest BCUT2D eigenvalue weighted by Gasteiger charge is -2.07. The third kappa shape index (κ3) is 6.17. The molecule has 0 aliphatic rings. The number of hydrogen-bond acceptors (Lipinski definition) is 7. The highest BCUT2D eigenvalue weighted by atomic mass is 32.1. The van der Waals surface area contributed by atoms with Crippen molar-refractivity contribution in [3.63, 3.8) is 0 Å². The van der Waals surface area contributed by atoms with Gasteiger partial charge in [0, 0.05) is 30.2 Å². The van der Waals surface area contributed by atoms with Gasteiger partial charge < -0.3 is 15.4 Å². The zero-order valence-electron chi connectivity index (χ0n) is 17.2. The highest BCUT2D eigenvalue weighted by Crippen LogP contribution is 2.18. The molecule has 2 aromatic heterocycles. The maximum Gasteiger partial charge on any atom is 0.286 e. The van der Waals surface area contributed by atoms with Gasteiger partial charge in [-0.2, -0.15) is 0 Å². The molecule has 2 N–H and O–H groups in total. The second kappa shape index (κ2) is 10.4. The first-order valence-corrected chi connectivity index (χ1v) is 10.7. The van der Waals surface area contributed by atoms with Crippen molar-refractivity contribution in [2.45, 2.75) is 13.2 Å². The molecule has 0 spiro atoms. The molecular formula is C23H18FN5O3S. The van der Waals surface area contributed by atoms with Gasteiger partial charge >= 0.3 is 0 Å². The number of carbonyl (C=O) groups is 2. The zero-order valence-corrected chi connectivity index (χ0v) is 18.0. The fourth-order valence-corrected chi connectivity index (χ4v) is 3.40. The average Bonchev–Trinajstić information content (AvgIpc) is 3.33. The maximum atomic E-state index is 13.0. The van der Waals surface area contributed by atoms with Crippen LogP contribution in [0.2, 0.25) is 0 Å². The van der Waals surface area contributed by atoms with E-state index in [2.05, 4.69) is 25.8 Å². The standard InChI is InChI=1S/C23H18FN5O3S/c24-17-5-7-18(8-6-17)27-22(31)23-29-28-20(33-23)14-32-19-9-3-16(4-10-19)21(30)26-13-15-2-1-11-25-12-15/h1-12H,13-14H2,(H,26,30)(H,27,31). The minimum atomic E-state index is -0.438. The van der Waals surface area contributed by atoms with Crippen LogP contribution in [0.25, 0.3) is 0 Å². The van der Waals surface area contributed by atoms with Crippen molar-refractivity contribution < 1.29 is 18.7 Å². The lowest BCUT2D eigenvalue weighted by molar-refractivity contribution is 0.0950. The number of amides is 2. The summed E-state index contributed by atoms with van der Waals surface area (Å²) in [7, 11) is 0. The Bertz CT molecular complexity index is 1230. The minimum Gasteiger partial charge on any atom is -0.486 e.